The van der Waals surface area contributed by atoms with E-state index in [1.54, 1.807) is 19.1 Å². The highest BCUT2D eigenvalue weighted by Gasteiger charge is 2.41. The summed E-state index contributed by atoms with van der Waals surface area (Å²) in [6.07, 6.45) is -2.36. The van der Waals surface area contributed by atoms with Crippen LogP contribution in [0.25, 0.3) is 0 Å². The number of aliphatic carboxylic acids is 2. The fourth-order valence-electron chi connectivity index (χ4n) is 1.59. The second-order valence-electron chi connectivity index (χ2n) is 4.71. The number of carbonyl (C=O) groups is 4. The van der Waals surface area contributed by atoms with Crippen LogP contribution in [0.2, 0.25) is 0 Å². The molecule has 0 saturated carbocycles. The van der Waals surface area contributed by atoms with Crippen LogP contribution in [0.3, 0.4) is 0 Å². The van der Waals surface area contributed by atoms with E-state index >= 15 is 0 Å². The summed E-state index contributed by atoms with van der Waals surface area (Å²) < 4.78 is 4.41. The molecule has 0 fully saturated rings. The molecule has 0 bridgehead atoms. The van der Waals surface area contributed by atoms with Crippen molar-refractivity contribution in [3.63, 3.8) is 0 Å². The molecular formula is C14H14O8. The number of aryl methyl sites for hydroxylation is 1. The van der Waals surface area contributed by atoms with E-state index in [4.69, 9.17) is 10.2 Å². The molecule has 0 radical (unpaired) electrons. The summed E-state index contributed by atoms with van der Waals surface area (Å²) in [4.78, 5) is 44.6. The summed E-state index contributed by atoms with van der Waals surface area (Å²) in [6, 6.07) is 6.04. The Labute approximate surface area is 124 Å². The van der Waals surface area contributed by atoms with Gasteiger partial charge in [0.25, 0.3) is 0 Å². The largest absolute Gasteiger partial charge is 0.481 e. The molecule has 1 aromatic rings. The van der Waals surface area contributed by atoms with E-state index in [1.165, 1.54) is 12.1 Å². The minimum atomic E-state index is -2.84. The van der Waals surface area contributed by atoms with E-state index in [0.717, 1.165) is 5.56 Å². The number of benzene rings is 1. The van der Waals surface area contributed by atoms with Gasteiger partial charge >= 0.3 is 23.9 Å². The molecule has 1 atom stereocenters. The third-order valence-corrected chi connectivity index (χ3v) is 2.77. The zero-order chi connectivity index (χ0) is 16.9. The van der Waals surface area contributed by atoms with Gasteiger partial charge in [0.1, 0.15) is 0 Å². The van der Waals surface area contributed by atoms with E-state index in [9.17, 15) is 24.3 Å². The number of aliphatic hydroxyl groups is 1. The van der Waals surface area contributed by atoms with Gasteiger partial charge in [0, 0.05) is 0 Å². The number of ether oxygens (including phenoxy) is 1. The van der Waals surface area contributed by atoms with Crippen LogP contribution >= 0.6 is 0 Å². The fourth-order valence-corrected chi connectivity index (χ4v) is 1.59. The quantitative estimate of drug-likeness (QED) is 0.505. The predicted molar refractivity (Wildman–Crippen MR) is 71.1 cm³/mol. The van der Waals surface area contributed by atoms with Crippen molar-refractivity contribution >= 4 is 23.9 Å². The van der Waals surface area contributed by atoms with Gasteiger partial charge in [0.2, 0.25) is 0 Å². The third kappa shape index (κ3) is 4.67. The van der Waals surface area contributed by atoms with Gasteiger partial charge in [-0.25, -0.2) is 9.59 Å². The lowest BCUT2D eigenvalue weighted by atomic mass is 9.96. The molecule has 0 aliphatic heterocycles. The summed E-state index contributed by atoms with van der Waals surface area (Å²) in [5, 5.41) is 27.0. The highest BCUT2D eigenvalue weighted by atomic mass is 16.6. The van der Waals surface area contributed by atoms with Crippen molar-refractivity contribution in [1.82, 2.24) is 0 Å². The zero-order valence-corrected chi connectivity index (χ0v) is 11.6. The molecule has 0 heterocycles. The van der Waals surface area contributed by atoms with Crippen molar-refractivity contribution in [3.8, 4) is 0 Å². The Kier molecular flexibility index (Phi) is 5.36. The van der Waals surface area contributed by atoms with Crippen LogP contribution in [-0.2, 0) is 19.1 Å². The summed E-state index contributed by atoms with van der Waals surface area (Å²) in [6.45, 7) is 1.79. The summed E-state index contributed by atoms with van der Waals surface area (Å²) in [7, 11) is 0. The lowest BCUT2D eigenvalue weighted by Gasteiger charge is -2.19. The van der Waals surface area contributed by atoms with E-state index < -0.39 is 42.3 Å². The second kappa shape index (κ2) is 6.81. The number of rotatable bonds is 6. The van der Waals surface area contributed by atoms with Crippen molar-refractivity contribution < 1.29 is 39.2 Å². The van der Waals surface area contributed by atoms with Gasteiger partial charge in [-0.2, -0.15) is 0 Å². The maximum Gasteiger partial charge on any atom is 0.345 e. The number of carboxylic acid groups (broad SMARTS) is 2. The fraction of sp³-hybridized carbons (Fsp3) is 0.286. The molecular weight excluding hydrogens is 296 g/mol. The average molecular weight is 310 g/mol. The van der Waals surface area contributed by atoms with Gasteiger partial charge < -0.3 is 20.1 Å². The van der Waals surface area contributed by atoms with Gasteiger partial charge in [-0.1, -0.05) is 17.7 Å². The highest BCUT2D eigenvalue weighted by Crippen LogP contribution is 2.17. The van der Waals surface area contributed by atoms with E-state index in [1.807, 2.05) is 0 Å². The average Bonchev–Trinajstić information content (AvgIpc) is 2.37. The Hall–Kier alpha value is -2.74. The van der Waals surface area contributed by atoms with Gasteiger partial charge in [-0.3, -0.25) is 9.59 Å². The topological polar surface area (TPSA) is 138 Å². The van der Waals surface area contributed by atoms with Crippen LogP contribution in [0.1, 0.15) is 28.8 Å². The molecule has 1 aromatic carbocycles. The maximum atomic E-state index is 11.7. The van der Waals surface area contributed by atoms with Crippen molar-refractivity contribution in [2.24, 2.45) is 0 Å². The normalized spacial score (nSPS) is 13.0. The number of carboxylic acids is 2. The van der Waals surface area contributed by atoms with Crippen LogP contribution in [0.4, 0.5) is 0 Å². The number of esters is 2. The van der Waals surface area contributed by atoms with E-state index in [-0.39, 0.29) is 5.56 Å². The minimum absolute atomic E-state index is 0.0658. The Morgan fingerprint density at radius 3 is 2.05 bits per heavy atom. The number of carbonyl (C=O) groups excluding carboxylic acids is 2. The number of hydrogen-bond donors (Lipinski definition) is 3. The zero-order valence-electron chi connectivity index (χ0n) is 11.6. The first-order valence-corrected chi connectivity index (χ1v) is 6.13. The van der Waals surface area contributed by atoms with Crippen LogP contribution in [0, 0.1) is 6.92 Å². The maximum absolute atomic E-state index is 11.7. The molecule has 0 aliphatic rings. The van der Waals surface area contributed by atoms with Gasteiger partial charge in [0.15, 0.2) is 5.60 Å². The molecule has 1 rings (SSSR count). The molecule has 0 amide bonds. The van der Waals surface area contributed by atoms with E-state index in [0.29, 0.717) is 0 Å². The van der Waals surface area contributed by atoms with Crippen molar-refractivity contribution in [2.45, 2.75) is 25.4 Å². The lowest BCUT2D eigenvalue weighted by Crippen LogP contribution is -2.43. The standard InChI is InChI=1S/C14H14O8/c1-8-2-4-9(5-3-8)12(18)22-11(17)7-14(21,13(19)20)6-10(15)16/h2-5,21H,6-7H2,1H3,(H,15,16)(H,19,20). The van der Waals surface area contributed by atoms with Gasteiger partial charge in [-0.05, 0) is 19.1 Å². The first kappa shape index (κ1) is 17.3. The molecule has 0 aliphatic carbocycles. The summed E-state index contributed by atoms with van der Waals surface area (Å²) in [5.41, 5.74) is -1.89. The molecule has 1 unspecified atom stereocenters. The summed E-state index contributed by atoms with van der Waals surface area (Å²) in [5.74, 6) is -5.86. The first-order chi connectivity index (χ1) is 10.1. The Morgan fingerprint density at radius 2 is 1.59 bits per heavy atom. The van der Waals surface area contributed by atoms with Crippen molar-refractivity contribution in [2.75, 3.05) is 0 Å². The monoisotopic (exact) mass is 310 g/mol. The van der Waals surface area contributed by atoms with Crippen molar-refractivity contribution in [3.05, 3.63) is 35.4 Å². The Balaban J connectivity index is 2.75. The van der Waals surface area contributed by atoms with Crippen LogP contribution in [-0.4, -0.2) is 44.8 Å². The predicted octanol–water partition coefficient (Wildman–Crippen LogP) is 0.359. The SMILES string of the molecule is Cc1ccc(C(=O)OC(=O)CC(O)(CC(=O)O)C(=O)O)cc1. The molecule has 118 valence electrons. The molecule has 8 nitrogen and oxygen atoms in total. The lowest BCUT2D eigenvalue weighted by molar-refractivity contribution is -0.170. The van der Waals surface area contributed by atoms with E-state index in [2.05, 4.69) is 4.74 Å². The number of hydrogen-bond acceptors (Lipinski definition) is 6. The molecule has 0 aromatic heterocycles. The van der Waals surface area contributed by atoms with Crippen LogP contribution < -0.4 is 0 Å². The smallest absolute Gasteiger partial charge is 0.345 e. The molecule has 3 N–H and O–H groups in total. The molecule has 22 heavy (non-hydrogen) atoms. The van der Waals surface area contributed by atoms with Gasteiger partial charge in [-0.15, -0.1) is 0 Å². The Bertz CT molecular complexity index is 604. The summed E-state index contributed by atoms with van der Waals surface area (Å²) >= 11 is 0. The second-order valence-corrected chi connectivity index (χ2v) is 4.71. The molecule has 8 heteroatoms. The van der Waals surface area contributed by atoms with Crippen LogP contribution in [0.15, 0.2) is 24.3 Å². The molecule has 0 spiro atoms. The van der Waals surface area contributed by atoms with Gasteiger partial charge in [0.05, 0.1) is 18.4 Å². The minimum Gasteiger partial charge on any atom is -0.481 e. The highest BCUT2D eigenvalue weighted by molar-refractivity contribution is 5.98. The Morgan fingerprint density at radius 1 is 1.05 bits per heavy atom. The molecule has 0 saturated heterocycles. The third-order valence-electron chi connectivity index (χ3n) is 2.77. The first-order valence-electron chi connectivity index (χ1n) is 6.13. The van der Waals surface area contributed by atoms with Crippen LogP contribution in [0.5, 0.6) is 0 Å². The van der Waals surface area contributed by atoms with Crippen molar-refractivity contribution in [1.29, 1.82) is 0 Å².